The number of halogens is 1. The summed E-state index contributed by atoms with van der Waals surface area (Å²) < 4.78 is 0. The third-order valence-corrected chi connectivity index (χ3v) is 4.41. The third-order valence-electron chi connectivity index (χ3n) is 4.16. The van der Waals surface area contributed by atoms with Gasteiger partial charge in [0.05, 0.1) is 11.9 Å². The number of anilines is 1. The molecular weight excluding hydrogens is 370 g/mol. The molecule has 2 N–H and O–H groups in total. The molecule has 0 atom stereocenters. The minimum absolute atomic E-state index is 0. The first-order valence-electron chi connectivity index (χ1n) is 8.47. The number of carbonyl (C=O) groups excluding carboxylic acids is 1. The first kappa shape index (κ1) is 19.4. The van der Waals surface area contributed by atoms with Crippen LogP contribution in [0.25, 0.3) is 22.6 Å². The molecule has 0 radical (unpaired) electrons. The van der Waals surface area contributed by atoms with Gasteiger partial charge < -0.3 is 10.3 Å². The van der Waals surface area contributed by atoms with Crippen LogP contribution in [0.15, 0.2) is 85.1 Å². The summed E-state index contributed by atoms with van der Waals surface area (Å²) in [7, 11) is 0. The van der Waals surface area contributed by atoms with Crippen LogP contribution < -0.4 is 5.32 Å². The molecule has 0 saturated heterocycles. The summed E-state index contributed by atoms with van der Waals surface area (Å²) in [5.41, 5.74) is 4.12. The second-order valence-corrected chi connectivity index (χ2v) is 6.49. The van der Waals surface area contributed by atoms with Gasteiger partial charge in [0.1, 0.15) is 5.82 Å². The van der Waals surface area contributed by atoms with Crippen LogP contribution in [-0.2, 0) is 0 Å². The molecule has 3 aromatic carbocycles. The Labute approximate surface area is 169 Å². The number of hydrogen-bond acceptors (Lipinski definition) is 2. The van der Waals surface area contributed by atoms with E-state index in [4.69, 9.17) is 11.6 Å². The molecule has 4 nitrogen and oxygen atoms in total. The van der Waals surface area contributed by atoms with Crippen LogP contribution in [0.5, 0.6) is 0 Å². The van der Waals surface area contributed by atoms with Crippen molar-refractivity contribution in [3.05, 3.63) is 95.6 Å². The lowest BCUT2D eigenvalue weighted by Crippen LogP contribution is -2.11. The van der Waals surface area contributed by atoms with E-state index in [0.29, 0.717) is 16.3 Å². The van der Waals surface area contributed by atoms with E-state index in [0.717, 1.165) is 22.6 Å². The zero-order valence-electron chi connectivity index (χ0n) is 14.3. The number of rotatable bonds is 4. The number of benzene rings is 3. The maximum absolute atomic E-state index is 12.4. The Balaban J connectivity index is 0.00000225. The number of imidazole rings is 1. The minimum atomic E-state index is -0.182. The summed E-state index contributed by atoms with van der Waals surface area (Å²) in [6.45, 7) is 0. The number of hydrogen-bond donors (Lipinski definition) is 2. The van der Waals surface area contributed by atoms with E-state index in [1.807, 2.05) is 54.6 Å². The Bertz CT molecular complexity index is 1070. The van der Waals surface area contributed by atoms with Gasteiger partial charge in [0.2, 0.25) is 0 Å². The molecule has 0 aliphatic heterocycles. The zero-order valence-corrected chi connectivity index (χ0v) is 15.1. The zero-order chi connectivity index (χ0) is 18.6. The molecule has 1 aromatic heterocycles. The highest BCUT2D eigenvalue weighted by Gasteiger charge is 2.09. The molecule has 0 bridgehead atoms. The summed E-state index contributed by atoms with van der Waals surface area (Å²) in [6, 6.07) is 24.4. The van der Waals surface area contributed by atoms with Crippen molar-refractivity contribution in [3.63, 3.8) is 0 Å². The molecule has 0 spiro atoms. The summed E-state index contributed by atoms with van der Waals surface area (Å²) in [5, 5.41) is 3.51. The largest absolute Gasteiger partial charge is 0.338 e. The lowest BCUT2D eigenvalue weighted by Gasteiger charge is -2.07. The SMILES string of the molecule is C.O=C(Nc1cccc(-c2cnc(-c3ccccc3)[nH]2)c1)c1ccc(Cl)cc1. The fraction of sp³-hybridized carbons (Fsp3) is 0.0435. The molecule has 140 valence electrons. The van der Waals surface area contributed by atoms with Crippen LogP contribution in [0.2, 0.25) is 5.02 Å². The average Bonchev–Trinajstić information content (AvgIpc) is 3.20. The van der Waals surface area contributed by atoms with Gasteiger partial charge in [-0.1, -0.05) is 61.5 Å². The number of H-pyrrole nitrogens is 1. The predicted molar refractivity (Wildman–Crippen MR) is 116 cm³/mol. The number of aromatic nitrogens is 2. The molecule has 0 aliphatic carbocycles. The molecule has 5 heteroatoms. The van der Waals surface area contributed by atoms with Crippen LogP contribution in [-0.4, -0.2) is 15.9 Å². The molecule has 28 heavy (non-hydrogen) atoms. The Hall–Kier alpha value is -3.37. The van der Waals surface area contributed by atoms with E-state index in [1.165, 1.54) is 0 Å². The number of aromatic amines is 1. The van der Waals surface area contributed by atoms with Crippen molar-refractivity contribution < 1.29 is 4.79 Å². The van der Waals surface area contributed by atoms with Gasteiger partial charge in [0.25, 0.3) is 5.91 Å². The normalized spacial score (nSPS) is 10.2. The number of amides is 1. The average molecular weight is 390 g/mol. The van der Waals surface area contributed by atoms with E-state index in [1.54, 1.807) is 30.5 Å². The highest BCUT2D eigenvalue weighted by Crippen LogP contribution is 2.24. The molecule has 4 rings (SSSR count). The van der Waals surface area contributed by atoms with Crippen LogP contribution in [0.3, 0.4) is 0 Å². The van der Waals surface area contributed by atoms with Gasteiger partial charge >= 0.3 is 0 Å². The van der Waals surface area contributed by atoms with Crippen molar-refractivity contribution in [2.75, 3.05) is 5.32 Å². The number of nitrogens with one attached hydrogen (secondary N) is 2. The first-order valence-corrected chi connectivity index (χ1v) is 8.84. The van der Waals surface area contributed by atoms with Crippen LogP contribution >= 0.6 is 11.6 Å². The van der Waals surface area contributed by atoms with Crippen molar-refractivity contribution in [1.82, 2.24) is 9.97 Å². The Morgan fingerprint density at radius 3 is 2.36 bits per heavy atom. The summed E-state index contributed by atoms with van der Waals surface area (Å²) in [6.07, 6.45) is 1.79. The van der Waals surface area contributed by atoms with Crippen molar-refractivity contribution in [3.8, 4) is 22.6 Å². The molecule has 0 saturated carbocycles. The number of carbonyl (C=O) groups is 1. The summed E-state index contributed by atoms with van der Waals surface area (Å²) in [5.74, 6) is 0.625. The third kappa shape index (κ3) is 4.30. The highest BCUT2D eigenvalue weighted by atomic mass is 35.5. The standard InChI is InChI=1S/C22H16ClN3O.CH4/c23-18-11-9-16(10-12-18)22(27)25-19-8-4-7-17(13-19)20-14-24-21(26-20)15-5-2-1-3-6-15;/h1-14H,(H,24,26)(H,25,27);1H4. The van der Waals surface area contributed by atoms with Crippen LogP contribution in [0.1, 0.15) is 17.8 Å². The maximum Gasteiger partial charge on any atom is 0.255 e. The molecule has 0 unspecified atom stereocenters. The van der Waals surface area contributed by atoms with E-state index in [-0.39, 0.29) is 13.3 Å². The lowest BCUT2D eigenvalue weighted by atomic mass is 10.1. The molecule has 1 heterocycles. The summed E-state index contributed by atoms with van der Waals surface area (Å²) >= 11 is 5.87. The number of nitrogens with zero attached hydrogens (tertiary/aromatic N) is 1. The minimum Gasteiger partial charge on any atom is -0.338 e. The second kappa shape index (κ2) is 8.55. The lowest BCUT2D eigenvalue weighted by molar-refractivity contribution is 0.102. The maximum atomic E-state index is 12.4. The molecule has 0 aliphatic rings. The van der Waals surface area contributed by atoms with Gasteiger partial charge in [-0.2, -0.15) is 0 Å². The van der Waals surface area contributed by atoms with Gasteiger partial charge in [-0.25, -0.2) is 4.98 Å². The molecule has 1 amide bonds. The van der Waals surface area contributed by atoms with E-state index < -0.39 is 0 Å². The topological polar surface area (TPSA) is 57.8 Å². The van der Waals surface area contributed by atoms with Gasteiger partial charge in [-0.3, -0.25) is 4.79 Å². The Kier molecular flexibility index (Phi) is 5.92. The molecule has 0 fully saturated rings. The Morgan fingerprint density at radius 2 is 1.61 bits per heavy atom. The smallest absolute Gasteiger partial charge is 0.255 e. The van der Waals surface area contributed by atoms with Crippen LogP contribution in [0.4, 0.5) is 5.69 Å². The van der Waals surface area contributed by atoms with Crippen molar-refractivity contribution in [1.29, 1.82) is 0 Å². The van der Waals surface area contributed by atoms with Gasteiger partial charge in [0, 0.05) is 27.4 Å². The van der Waals surface area contributed by atoms with Gasteiger partial charge in [-0.05, 0) is 36.4 Å². The first-order chi connectivity index (χ1) is 13.2. The van der Waals surface area contributed by atoms with E-state index in [2.05, 4.69) is 15.3 Å². The van der Waals surface area contributed by atoms with Crippen molar-refractivity contribution in [2.24, 2.45) is 0 Å². The van der Waals surface area contributed by atoms with E-state index in [9.17, 15) is 4.79 Å². The monoisotopic (exact) mass is 389 g/mol. The predicted octanol–water partition coefficient (Wildman–Crippen LogP) is 6.29. The quantitative estimate of drug-likeness (QED) is 0.431. The second-order valence-electron chi connectivity index (χ2n) is 6.05. The Morgan fingerprint density at radius 1 is 0.893 bits per heavy atom. The molecule has 4 aromatic rings. The van der Waals surface area contributed by atoms with Crippen molar-refractivity contribution >= 4 is 23.2 Å². The summed E-state index contributed by atoms with van der Waals surface area (Å²) in [4.78, 5) is 20.2. The fourth-order valence-corrected chi connectivity index (χ4v) is 2.91. The van der Waals surface area contributed by atoms with Crippen molar-refractivity contribution in [2.45, 2.75) is 7.43 Å². The van der Waals surface area contributed by atoms with Crippen LogP contribution in [0, 0.1) is 0 Å². The highest BCUT2D eigenvalue weighted by molar-refractivity contribution is 6.30. The fourth-order valence-electron chi connectivity index (χ4n) is 2.78. The van der Waals surface area contributed by atoms with Gasteiger partial charge in [0.15, 0.2) is 0 Å². The van der Waals surface area contributed by atoms with Gasteiger partial charge in [-0.15, -0.1) is 0 Å². The molecular formula is C23H20ClN3O. The van der Waals surface area contributed by atoms with E-state index >= 15 is 0 Å².